The molecule has 8 unspecified atom stereocenters. The molecular formula is C48H54N4O12S2. The number of fused-ring (bicyclic) bond motifs is 2. The number of aromatic hydroxyl groups is 1. The number of H-pyrrole nitrogens is 1. The lowest BCUT2D eigenvalue weighted by atomic mass is 9.73. The smallest absolute Gasteiger partial charge is 0.335 e. The minimum absolute atomic E-state index is 0.00557. The van der Waals surface area contributed by atoms with Crippen LogP contribution in [0, 0.1) is 11.8 Å². The van der Waals surface area contributed by atoms with E-state index in [0.717, 1.165) is 30.5 Å². The van der Waals surface area contributed by atoms with Crippen molar-refractivity contribution in [1.82, 2.24) is 15.6 Å². The van der Waals surface area contributed by atoms with Gasteiger partial charge in [0.1, 0.15) is 29.1 Å². The first-order valence-corrected chi connectivity index (χ1v) is 24.0. The number of aromatic amines is 1. The molecule has 2 fully saturated rings. The number of rotatable bonds is 15. The van der Waals surface area contributed by atoms with Crippen molar-refractivity contribution in [2.45, 2.75) is 61.8 Å². The Morgan fingerprint density at radius 3 is 2.61 bits per heavy atom. The Morgan fingerprint density at radius 2 is 1.89 bits per heavy atom. The van der Waals surface area contributed by atoms with E-state index in [9.17, 15) is 39.6 Å². The van der Waals surface area contributed by atoms with Crippen molar-refractivity contribution in [1.29, 1.82) is 0 Å². The zero-order valence-electron chi connectivity index (χ0n) is 36.4. The molecular weight excluding hydrogens is 889 g/mol. The molecule has 2 saturated heterocycles. The number of benzene rings is 3. The molecule has 7 rings (SSSR count). The maximum atomic E-state index is 13.8. The molecule has 9 N–H and O–H groups in total. The van der Waals surface area contributed by atoms with E-state index in [1.54, 1.807) is 0 Å². The second-order valence-electron chi connectivity index (χ2n) is 16.6. The predicted molar refractivity (Wildman–Crippen MR) is 252 cm³/mol. The summed E-state index contributed by atoms with van der Waals surface area (Å²) in [6.07, 6.45) is 4.72. The van der Waals surface area contributed by atoms with E-state index >= 15 is 0 Å². The lowest BCUT2D eigenvalue weighted by Gasteiger charge is -2.53. The normalized spacial score (nSPS) is 25.6. The summed E-state index contributed by atoms with van der Waals surface area (Å²) in [4.78, 5) is 55.7. The number of phenolic OH excluding ortho intramolecular Hbond substituents is 1. The third kappa shape index (κ3) is 10.1. The third-order valence-electron chi connectivity index (χ3n) is 12.5. The van der Waals surface area contributed by atoms with Crippen LogP contribution >= 0.6 is 21.6 Å². The maximum Gasteiger partial charge on any atom is 0.335 e. The van der Waals surface area contributed by atoms with Crippen LogP contribution in [0.15, 0.2) is 100 Å². The van der Waals surface area contributed by atoms with Gasteiger partial charge in [0.15, 0.2) is 23.6 Å². The number of carbonyl (C=O) groups excluding carboxylic acids is 2. The van der Waals surface area contributed by atoms with Crippen molar-refractivity contribution < 1.29 is 53.4 Å². The van der Waals surface area contributed by atoms with Crippen LogP contribution in [0.2, 0.25) is 0 Å². The molecule has 350 valence electrons. The summed E-state index contributed by atoms with van der Waals surface area (Å²) >= 11 is 0. The van der Waals surface area contributed by atoms with Crippen molar-refractivity contribution >= 4 is 56.8 Å². The first kappa shape index (κ1) is 48.5. The minimum atomic E-state index is -2.61. The lowest BCUT2D eigenvalue weighted by Crippen LogP contribution is -2.80. The zero-order chi connectivity index (χ0) is 47.0. The largest absolute Gasteiger partial charge is 0.508 e. The van der Waals surface area contributed by atoms with E-state index in [1.165, 1.54) is 69.6 Å². The summed E-state index contributed by atoms with van der Waals surface area (Å²) in [5.74, 6) is -2.99. The van der Waals surface area contributed by atoms with Crippen LogP contribution in [-0.4, -0.2) is 112 Å². The highest BCUT2D eigenvalue weighted by Gasteiger charge is 2.69. The number of carboxylic acids is 1. The summed E-state index contributed by atoms with van der Waals surface area (Å²) in [5, 5.41) is 51.2. The molecule has 2 aromatic heterocycles. The van der Waals surface area contributed by atoms with Crippen molar-refractivity contribution in [3.8, 4) is 22.6 Å². The first-order chi connectivity index (χ1) is 31.8. The van der Waals surface area contributed by atoms with Crippen molar-refractivity contribution in [3.63, 3.8) is 0 Å². The van der Waals surface area contributed by atoms with E-state index in [-0.39, 0.29) is 63.6 Å². The predicted octanol–water partition coefficient (Wildman–Crippen LogP) is 5.06. The average molecular weight is 943 g/mol. The number of carboxylic acid groups (broad SMARTS) is 1. The Labute approximate surface area is 388 Å². The van der Waals surface area contributed by atoms with Gasteiger partial charge in [-0.25, -0.2) is 4.79 Å². The van der Waals surface area contributed by atoms with E-state index in [1.807, 2.05) is 37.6 Å². The van der Waals surface area contributed by atoms with E-state index in [2.05, 4.69) is 46.8 Å². The van der Waals surface area contributed by atoms with Gasteiger partial charge in [0.2, 0.25) is 17.5 Å². The number of nitrogens with two attached hydrogens (primary N) is 1. The Balaban J connectivity index is 1.22. The molecule has 4 heterocycles. The number of allylic oxidation sites excluding steroid dienone is 1. The number of phenols is 1. The SMILES string of the molecule is CNCCCc1ccccc1C=CCC(C)C1CNCC2(O)C(Oc3ccc4c(=O)c(-c5ccc(O)cc5)c(C(N)=O)oc4c3)OC(C(=O)O)C(O)C2(C=O)OCSSCC1c1cc[nH]c1. The number of aliphatic carboxylic acids is 1. The standard InChI is InChI=1S/C48H54N4O12S2/c1-28(7-5-10-29-8-3-4-9-30(29)11-6-19-50-2)36-23-52-25-47(60)46(64-42(45(58)59)43(56)48(47,26-53)61-27-66-65-24-37(36)32-18-20-51-22-32)62-34-16-17-35-38(21-34)63-41(44(49)57)39(40(35)55)31-12-14-33(54)15-13-31/h3-5,8-10,12-18,20-22,26,28,36-37,42-43,46,50-52,54,56,60H,6-7,11,19,23-25,27H2,1-2H3,(H2,49,57)(H,58,59). The van der Waals surface area contributed by atoms with Gasteiger partial charge in [0, 0.05) is 30.8 Å². The molecule has 66 heavy (non-hydrogen) atoms. The molecule has 16 nitrogen and oxygen atoms in total. The topological polar surface area (TPSA) is 256 Å². The summed E-state index contributed by atoms with van der Waals surface area (Å²) < 4.78 is 24.1. The average Bonchev–Trinajstić information content (AvgIpc) is 3.84. The van der Waals surface area contributed by atoms with Crippen LogP contribution in [0.25, 0.3) is 28.2 Å². The number of aromatic nitrogens is 1. The Hall–Kier alpha value is -5.44. The molecule has 3 aromatic carbocycles. The van der Waals surface area contributed by atoms with Crippen LogP contribution in [0.4, 0.5) is 0 Å². The summed E-state index contributed by atoms with van der Waals surface area (Å²) in [7, 11) is 4.67. The number of carbonyl (C=O) groups is 3. The van der Waals surface area contributed by atoms with Gasteiger partial charge in [0.25, 0.3) is 5.91 Å². The molecule has 2 aliphatic rings. The fourth-order valence-corrected chi connectivity index (χ4v) is 10.9. The number of ether oxygens (including phenoxy) is 3. The van der Waals surface area contributed by atoms with Crippen molar-refractivity contribution in [3.05, 3.63) is 124 Å². The van der Waals surface area contributed by atoms with Crippen molar-refractivity contribution in [2.75, 3.05) is 38.4 Å². The highest BCUT2D eigenvalue weighted by Crippen LogP contribution is 2.44. The number of aliphatic hydroxyl groups excluding tert-OH is 1. The van der Waals surface area contributed by atoms with E-state index < -0.39 is 59.3 Å². The van der Waals surface area contributed by atoms with Crippen LogP contribution in [0.1, 0.15) is 52.9 Å². The number of hydrogen-bond acceptors (Lipinski definition) is 15. The van der Waals surface area contributed by atoms with Gasteiger partial charge in [-0.2, -0.15) is 0 Å². The fourth-order valence-electron chi connectivity index (χ4n) is 8.82. The molecule has 8 atom stereocenters. The second-order valence-corrected chi connectivity index (χ2v) is 19.0. The van der Waals surface area contributed by atoms with Crippen LogP contribution in [0.5, 0.6) is 11.5 Å². The maximum absolute atomic E-state index is 13.8. The highest BCUT2D eigenvalue weighted by atomic mass is 33.1. The summed E-state index contributed by atoms with van der Waals surface area (Å²) in [6, 6.07) is 19.8. The molecule has 2 aliphatic heterocycles. The number of β-amino-alcohol motifs (C(OH)–C–C–N with tert-alkyl or cyclic N) is 1. The minimum Gasteiger partial charge on any atom is -0.508 e. The summed E-state index contributed by atoms with van der Waals surface area (Å²) in [6.45, 7) is 2.89. The number of aliphatic hydroxyl groups is 2. The van der Waals surface area contributed by atoms with E-state index in [4.69, 9.17) is 24.4 Å². The molecule has 5 aromatic rings. The van der Waals surface area contributed by atoms with Gasteiger partial charge < -0.3 is 60.4 Å². The van der Waals surface area contributed by atoms with Crippen LogP contribution < -0.4 is 26.5 Å². The Kier molecular flexibility index (Phi) is 15.8. The zero-order valence-corrected chi connectivity index (χ0v) is 38.0. The molecule has 0 radical (unpaired) electrons. The molecule has 1 amide bonds. The monoisotopic (exact) mass is 942 g/mol. The third-order valence-corrected chi connectivity index (χ3v) is 14.5. The molecule has 0 spiro atoms. The Bertz CT molecular complexity index is 2570. The Morgan fingerprint density at radius 1 is 1.11 bits per heavy atom. The van der Waals surface area contributed by atoms with Crippen LogP contribution in [0.3, 0.4) is 0 Å². The molecule has 0 bridgehead atoms. The van der Waals surface area contributed by atoms with Crippen LogP contribution in [-0.2, 0) is 25.5 Å². The second kappa shape index (κ2) is 21.5. The van der Waals surface area contributed by atoms with E-state index in [0.29, 0.717) is 18.7 Å². The molecule has 18 heteroatoms. The number of aldehydes is 1. The fraction of sp³-hybridized carbons (Fsp3) is 0.375. The number of aryl methyl sites for hydroxylation is 1. The highest BCUT2D eigenvalue weighted by molar-refractivity contribution is 8.76. The van der Waals surface area contributed by atoms with Crippen molar-refractivity contribution in [2.24, 2.45) is 17.6 Å². The summed E-state index contributed by atoms with van der Waals surface area (Å²) in [5.41, 5.74) is 3.29. The number of amides is 1. The quantitative estimate of drug-likeness (QED) is 0.0388. The molecule has 0 saturated carbocycles. The first-order valence-electron chi connectivity index (χ1n) is 21.5. The number of hydrogen-bond donors (Lipinski definition) is 8. The number of nitrogens with one attached hydrogen (secondary N) is 3. The van der Waals surface area contributed by atoms with Gasteiger partial charge in [-0.05, 0) is 110 Å². The van der Waals surface area contributed by atoms with Gasteiger partial charge in [-0.1, -0.05) is 77.1 Å². The van der Waals surface area contributed by atoms with Gasteiger partial charge in [0.05, 0.1) is 10.9 Å². The van der Waals surface area contributed by atoms with Gasteiger partial charge in [-0.15, -0.1) is 0 Å². The lowest BCUT2D eigenvalue weighted by molar-refractivity contribution is -0.340. The molecule has 0 aliphatic carbocycles. The van der Waals surface area contributed by atoms with Gasteiger partial charge >= 0.3 is 5.97 Å². The van der Waals surface area contributed by atoms with Gasteiger partial charge in [-0.3, -0.25) is 14.4 Å². The number of primary amides is 1.